The van der Waals surface area contributed by atoms with Gasteiger partial charge in [0, 0.05) is 0 Å². The van der Waals surface area contributed by atoms with Crippen LogP contribution in [0.25, 0.3) is 0 Å². The molecule has 0 N–H and O–H groups in total. The summed E-state index contributed by atoms with van der Waals surface area (Å²) in [5.41, 5.74) is 0. The van der Waals surface area contributed by atoms with Crippen LogP contribution in [0.1, 0.15) is 0 Å². The molecule has 0 saturated heterocycles. The molecule has 0 atom stereocenters. The zero-order chi connectivity index (χ0) is 3.58. The molecule has 0 amide bonds. The molecular formula is BO3Sr2+. The molecule has 6 heavy (non-hydrogen) atoms. The minimum atomic E-state index is -2.92. The fraction of sp³-hybridized carbons (Fsp3) is 0. The molecule has 6 heteroatoms. The van der Waals surface area contributed by atoms with Crippen molar-refractivity contribution in [1.29, 1.82) is 0 Å². The van der Waals surface area contributed by atoms with Gasteiger partial charge in [-0.15, -0.1) is 0 Å². The molecule has 0 rings (SSSR count). The van der Waals surface area contributed by atoms with Gasteiger partial charge in [0.15, 0.2) is 0 Å². The van der Waals surface area contributed by atoms with Crippen molar-refractivity contribution in [2.24, 2.45) is 0 Å². The molecule has 0 aromatic carbocycles. The van der Waals surface area contributed by atoms with Crippen LogP contribution in [-0.4, -0.2) is 98.3 Å². The van der Waals surface area contributed by atoms with Gasteiger partial charge in [-0.3, -0.25) is 7.32 Å². The van der Waals surface area contributed by atoms with E-state index in [9.17, 15) is 0 Å². The number of hydrogen-bond acceptors (Lipinski definition) is 3. The van der Waals surface area contributed by atoms with Gasteiger partial charge in [0.25, 0.3) is 0 Å². The van der Waals surface area contributed by atoms with Gasteiger partial charge in [-0.1, -0.05) is 0 Å². The first-order chi connectivity index (χ1) is 1.73. The average Bonchev–Trinajstić information content (AvgIpc) is 0.811. The molecule has 24 valence electrons. The molecule has 0 unspecified atom stereocenters. The second kappa shape index (κ2) is 10.8. The fourth-order valence-electron chi connectivity index (χ4n) is 0. The summed E-state index contributed by atoms with van der Waals surface area (Å²) in [5.74, 6) is 0. The van der Waals surface area contributed by atoms with E-state index in [1.165, 1.54) is 0 Å². The predicted octanol–water partition coefficient (Wildman–Crippen LogP) is -4.71. The van der Waals surface area contributed by atoms with E-state index < -0.39 is 7.32 Å². The average molecular weight is 234 g/mol. The Morgan fingerprint density at radius 1 is 0.833 bits per heavy atom. The molecular weight excluding hydrogens is 234 g/mol. The Bertz CT molecular complexity index is 13.5. The van der Waals surface area contributed by atoms with Gasteiger partial charge < -0.3 is 15.1 Å². The third-order valence-electron chi connectivity index (χ3n) is 0. The maximum Gasteiger partial charge on any atom is 2.00 e. The predicted molar refractivity (Wildman–Crippen MR) is 17.3 cm³/mol. The van der Waals surface area contributed by atoms with Gasteiger partial charge in [0.1, 0.15) is 0 Å². The Morgan fingerprint density at radius 2 is 0.833 bits per heavy atom. The number of hydrogen-bond donors (Lipinski definition) is 0. The summed E-state index contributed by atoms with van der Waals surface area (Å²) in [5, 5.41) is 25.2. The largest absolute Gasteiger partial charge is 2.00 e. The molecule has 0 aliphatic heterocycles. The quantitative estimate of drug-likeness (QED) is 0.395. The van der Waals surface area contributed by atoms with Gasteiger partial charge >= 0.3 is 91.0 Å². The summed E-state index contributed by atoms with van der Waals surface area (Å²) < 4.78 is 0. The molecule has 0 spiro atoms. The minimum absolute atomic E-state index is 0. The zero-order valence-corrected chi connectivity index (χ0v) is 10.2. The Kier molecular flexibility index (Phi) is 28.8. The molecule has 0 aliphatic carbocycles. The van der Waals surface area contributed by atoms with Crippen LogP contribution < -0.4 is 15.1 Å². The van der Waals surface area contributed by atoms with E-state index in [0.29, 0.717) is 0 Å². The van der Waals surface area contributed by atoms with Crippen molar-refractivity contribution in [3.63, 3.8) is 0 Å². The Morgan fingerprint density at radius 3 is 0.833 bits per heavy atom. The summed E-state index contributed by atoms with van der Waals surface area (Å²) in [7, 11) is -2.92. The van der Waals surface area contributed by atoms with Crippen LogP contribution in [0, 0.1) is 0 Å². The maximum atomic E-state index is 8.42. The first kappa shape index (κ1) is 16.0. The van der Waals surface area contributed by atoms with Crippen LogP contribution in [0.5, 0.6) is 0 Å². The van der Waals surface area contributed by atoms with Crippen LogP contribution in [-0.2, 0) is 0 Å². The van der Waals surface area contributed by atoms with E-state index in [2.05, 4.69) is 0 Å². The Hall–Kier alpha value is 2.91. The van der Waals surface area contributed by atoms with Crippen LogP contribution in [0.3, 0.4) is 0 Å². The van der Waals surface area contributed by atoms with Crippen molar-refractivity contribution in [3.05, 3.63) is 0 Å². The summed E-state index contributed by atoms with van der Waals surface area (Å²) in [6.07, 6.45) is 0. The topological polar surface area (TPSA) is 69.2 Å². The van der Waals surface area contributed by atoms with Gasteiger partial charge in [0.2, 0.25) is 0 Å². The Labute approximate surface area is 110 Å². The van der Waals surface area contributed by atoms with E-state index in [1.54, 1.807) is 0 Å². The molecule has 0 radical (unpaired) electrons. The molecule has 3 nitrogen and oxygen atoms in total. The second-order valence-corrected chi connectivity index (χ2v) is 0.289. The van der Waals surface area contributed by atoms with E-state index in [4.69, 9.17) is 15.1 Å². The molecule has 0 aromatic heterocycles. The van der Waals surface area contributed by atoms with Crippen LogP contribution in [0.15, 0.2) is 0 Å². The van der Waals surface area contributed by atoms with Crippen molar-refractivity contribution in [3.8, 4) is 0 Å². The summed E-state index contributed by atoms with van der Waals surface area (Å²) in [6.45, 7) is 0. The van der Waals surface area contributed by atoms with Crippen LogP contribution in [0.2, 0.25) is 0 Å². The second-order valence-electron chi connectivity index (χ2n) is 0.289. The van der Waals surface area contributed by atoms with Crippen molar-refractivity contribution in [2.45, 2.75) is 0 Å². The van der Waals surface area contributed by atoms with Gasteiger partial charge in [0.05, 0.1) is 0 Å². The van der Waals surface area contributed by atoms with Crippen molar-refractivity contribution in [2.75, 3.05) is 0 Å². The Balaban J connectivity index is -0.0000000450. The molecule has 0 aromatic rings. The van der Waals surface area contributed by atoms with Gasteiger partial charge in [-0.25, -0.2) is 0 Å². The smallest absolute Gasteiger partial charge is 0.907 e. The first-order valence-electron chi connectivity index (χ1n) is 0.707. The summed E-state index contributed by atoms with van der Waals surface area (Å²) in [6, 6.07) is 0. The fourth-order valence-corrected chi connectivity index (χ4v) is 0. The molecule has 0 saturated carbocycles. The van der Waals surface area contributed by atoms with E-state index in [-0.39, 0.29) is 91.0 Å². The van der Waals surface area contributed by atoms with Crippen LogP contribution in [0.4, 0.5) is 0 Å². The summed E-state index contributed by atoms with van der Waals surface area (Å²) >= 11 is 0. The van der Waals surface area contributed by atoms with Crippen molar-refractivity contribution >= 4 is 98.3 Å². The zero-order valence-electron chi connectivity index (χ0n) is 3.22. The van der Waals surface area contributed by atoms with Crippen molar-refractivity contribution < 1.29 is 15.1 Å². The molecule has 0 fully saturated rings. The normalized spacial score (nSPS) is 4.50. The van der Waals surface area contributed by atoms with Crippen LogP contribution >= 0.6 is 0 Å². The van der Waals surface area contributed by atoms with E-state index >= 15 is 0 Å². The third kappa shape index (κ3) is 28.5. The van der Waals surface area contributed by atoms with Gasteiger partial charge in [-0.05, 0) is 0 Å². The maximum absolute atomic E-state index is 8.42. The number of rotatable bonds is 0. The minimum Gasteiger partial charge on any atom is -0.907 e. The third-order valence-corrected chi connectivity index (χ3v) is 0. The van der Waals surface area contributed by atoms with E-state index in [1.807, 2.05) is 0 Å². The van der Waals surface area contributed by atoms with Gasteiger partial charge in [-0.2, -0.15) is 0 Å². The van der Waals surface area contributed by atoms with E-state index in [0.717, 1.165) is 0 Å². The molecule has 0 bridgehead atoms. The SMILES string of the molecule is [O-]B([O-])[O-].[Sr+2].[Sr+2]. The summed E-state index contributed by atoms with van der Waals surface area (Å²) in [4.78, 5) is 0. The molecule has 0 aliphatic rings. The monoisotopic (exact) mass is 235 g/mol. The first-order valence-corrected chi connectivity index (χ1v) is 0.707. The standard InChI is InChI=1S/BO3.2Sr/c2-1(3)4;;/q-3;2*+2. The molecule has 0 heterocycles. The van der Waals surface area contributed by atoms with Crippen molar-refractivity contribution in [1.82, 2.24) is 0 Å².